The quantitative estimate of drug-likeness (QED) is 0.674. The van der Waals surface area contributed by atoms with Crippen molar-refractivity contribution in [1.82, 2.24) is 19.7 Å². The topological polar surface area (TPSA) is 74.8 Å². The van der Waals surface area contributed by atoms with Crippen LogP contribution in [0, 0.1) is 11.3 Å². The SMILES string of the molecule is CCN(CC)C(=O)c1nn(-c2ccnc(C#N)c2)c2ccc(Br)cc12. The molecule has 0 N–H and O–H groups in total. The second kappa shape index (κ2) is 7.03. The summed E-state index contributed by atoms with van der Waals surface area (Å²) in [6, 6.07) is 11.1. The van der Waals surface area contributed by atoms with Crippen LogP contribution in [0.4, 0.5) is 0 Å². The second-order valence-electron chi connectivity index (χ2n) is 5.41. The van der Waals surface area contributed by atoms with Gasteiger partial charge in [-0.3, -0.25) is 4.79 Å². The molecule has 2 aromatic heterocycles. The average Bonchev–Trinajstić information content (AvgIpc) is 3.01. The Kier molecular flexibility index (Phi) is 4.81. The van der Waals surface area contributed by atoms with E-state index in [1.807, 2.05) is 38.1 Å². The van der Waals surface area contributed by atoms with Crippen LogP contribution in [0.15, 0.2) is 41.0 Å². The highest BCUT2D eigenvalue weighted by atomic mass is 79.9. The summed E-state index contributed by atoms with van der Waals surface area (Å²) in [5.74, 6) is -0.110. The van der Waals surface area contributed by atoms with Gasteiger partial charge in [0.25, 0.3) is 5.91 Å². The van der Waals surface area contributed by atoms with Gasteiger partial charge in [-0.2, -0.15) is 10.4 Å². The summed E-state index contributed by atoms with van der Waals surface area (Å²) in [7, 11) is 0. The standard InChI is InChI=1S/C18H16BrN5O/c1-3-23(4-2)18(25)17-15-9-12(19)5-6-16(15)24(22-17)14-7-8-21-13(10-14)11-20/h5-10H,3-4H2,1-2H3. The van der Waals surface area contributed by atoms with Crippen LogP contribution in [0.5, 0.6) is 0 Å². The molecule has 0 atom stereocenters. The molecule has 0 saturated carbocycles. The van der Waals surface area contributed by atoms with Crippen LogP contribution in [0.25, 0.3) is 16.6 Å². The molecule has 0 bridgehead atoms. The summed E-state index contributed by atoms with van der Waals surface area (Å²) in [5.41, 5.74) is 2.19. The maximum atomic E-state index is 12.9. The lowest BCUT2D eigenvalue weighted by Crippen LogP contribution is -2.31. The molecule has 0 fully saturated rings. The molecule has 2 heterocycles. The number of benzene rings is 1. The number of nitrogens with zero attached hydrogens (tertiary/aromatic N) is 5. The van der Waals surface area contributed by atoms with Gasteiger partial charge in [0, 0.05) is 35.2 Å². The molecular formula is C18H16BrN5O. The van der Waals surface area contributed by atoms with E-state index in [1.165, 1.54) is 0 Å². The van der Waals surface area contributed by atoms with Crippen LogP contribution in [-0.4, -0.2) is 38.7 Å². The van der Waals surface area contributed by atoms with Crippen molar-refractivity contribution in [2.24, 2.45) is 0 Å². The maximum Gasteiger partial charge on any atom is 0.274 e. The predicted octanol–water partition coefficient (Wildman–Crippen LogP) is 3.54. The molecule has 7 heteroatoms. The number of rotatable bonds is 4. The lowest BCUT2D eigenvalue weighted by atomic mass is 10.2. The first kappa shape index (κ1) is 17.1. The van der Waals surface area contributed by atoms with Gasteiger partial charge in [0.1, 0.15) is 11.8 Å². The fraction of sp³-hybridized carbons (Fsp3) is 0.222. The Bertz CT molecular complexity index is 985. The van der Waals surface area contributed by atoms with E-state index in [2.05, 4.69) is 26.0 Å². The van der Waals surface area contributed by atoms with Crippen LogP contribution in [-0.2, 0) is 0 Å². The molecule has 0 saturated heterocycles. The van der Waals surface area contributed by atoms with Crippen LogP contribution >= 0.6 is 15.9 Å². The smallest absolute Gasteiger partial charge is 0.274 e. The first-order chi connectivity index (χ1) is 12.1. The Labute approximate surface area is 153 Å². The number of carbonyl (C=O) groups excluding carboxylic acids is 1. The number of aromatic nitrogens is 3. The van der Waals surface area contributed by atoms with Crippen molar-refractivity contribution in [3.8, 4) is 11.8 Å². The Balaban J connectivity index is 2.24. The van der Waals surface area contributed by atoms with Crippen molar-refractivity contribution >= 4 is 32.7 Å². The molecule has 0 radical (unpaired) electrons. The van der Waals surface area contributed by atoms with Gasteiger partial charge in [-0.05, 0) is 38.1 Å². The summed E-state index contributed by atoms with van der Waals surface area (Å²) in [6.07, 6.45) is 1.56. The van der Waals surface area contributed by atoms with E-state index in [-0.39, 0.29) is 5.91 Å². The third kappa shape index (κ3) is 3.13. The Morgan fingerprint density at radius 3 is 2.72 bits per heavy atom. The van der Waals surface area contributed by atoms with Crippen molar-refractivity contribution in [3.05, 3.63) is 52.4 Å². The normalized spacial score (nSPS) is 10.6. The number of pyridine rings is 1. The highest BCUT2D eigenvalue weighted by Gasteiger charge is 2.22. The second-order valence-corrected chi connectivity index (χ2v) is 6.33. The number of fused-ring (bicyclic) bond motifs is 1. The zero-order valence-electron chi connectivity index (χ0n) is 13.9. The van der Waals surface area contributed by atoms with Crippen molar-refractivity contribution in [2.45, 2.75) is 13.8 Å². The largest absolute Gasteiger partial charge is 0.338 e. The highest BCUT2D eigenvalue weighted by molar-refractivity contribution is 9.10. The Morgan fingerprint density at radius 1 is 1.28 bits per heavy atom. The molecule has 0 aliphatic rings. The van der Waals surface area contributed by atoms with E-state index in [9.17, 15) is 4.79 Å². The lowest BCUT2D eigenvalue weighted by molar-refractivity contribution is 0.0768. The molecule has 0 aliphatic heterocycles. The minimum absolute atomic E-state index is 0.110. The van der Waals surface area contributed by atoms with E-state index >= 15 is 0 Å². The minimum atomic E-state index is -0.110. The van der Waals surface area contributed by atoms with E-state index in [4.69, 9.17) is 5.26 Å². The summed E-state index contributed by atoms with van der Waals surface area (Å²) >= 11 is 3.46. The molecule has 3 aromatic rings. The Morgan fingerprint density at radius 2 is 2.04 bits per heavy atom. The lowest BCUT2D eigenvalue weighted by Gasteiger charge is -2.17. The summed E-state index contributed by atoms with van der Waals surface area (Å²) < 4.78 is 2.56. The van der Waals surface area contributed by atoms with Crippen LogP contribution < -0.4 is 0 Å². The number of nitriles is 1. The highest BCUT2D eigenvalue weighted by Crippen LogP contribution is 2.26. The molecule has 0 aliphatic carbocycles. The van der Waals surface area contributed by atoms with Crippen LogP contribution in [0.2, 0.25) is 0 Å². The molecule has 0 spiro atoms. The zero-order valence-corrected chi connectivity index (χ0v) is 15.5. The van der Waals surface area contributed by atoms with E-state index < -0.39 is 0 Å². The first-order valence-electron chi connectivity index (χ1n) is 7.93. The van der Waals surface area contributed by atoms with Crippen molar-refractivity contribution in [1.29, 1.82) is 5.26 Å². The molecule has 126 valence electrons. The number of carbonyl (C=O) groups is 1. The molecule has 1 amide bonds. The zero-order chi connectivity index (χ0) is 18.0. The van der Waals surface area contributed by atoms with Gasteiger partial charge in [0.2, 0.25) is 0 Å². The molecular weight excluding hydrogens is 382 g/mol. The summed E-state index contributed by atoms with van der Waals surface area (Å²) in [5, 5.41) is 14.4. The van der Waals surface area contributed by atoms with Crippen LogP contribution in [0.1, 0.15) is 30.0 Å². The molecule has 25 heavy (non-hydrogen) atoms. The van der Waals surface area contributed by atoms with Gasteiger partial charge >= 0.3 is 0 Å². The summed E-state index contributed by atoms with van der Waals surface area (Å²) in [4.78, 5) is 18.6. The maximum absolute atomic E-state index is 12.9. The number of hydrogen-bond acceptors (Lipinski definition) is 4. The molecule has 1 aromatic carbocycles. The van der Waals surface area contributed by atoms with Gasteiger partial charge in [-0.25, -0.2) is 9.67 Å². The predicted molar refractivity (Wildman–Crippen MR) is 98.5 cm³/mol. The number of halogens is 1. The van der Waals surface area contributed by atoms with Gasteiger partial charge in [-0.1, -0.05) is 15.9 Å². The van der Waals surface area contributed by atoms with Gasteiger partial charge in [0.05, 0.1) is 11.2 Å². The monoisotopic (exact) mass is 397 g/mol. The average molecular weight is 398 g/mol. The third-order valence-electron chi connectivity index (χ3n) is 4.00. The van der Waals surface area contributed by atoms with E-state index in [0.717, 1.165) is 15.4 Å². The van der Waals surface area contributed by atoms with E-state index in [0.29, 0.717) is 30.2 Å². The van der Waals surface area contributed by atoms with Crippen molar-refractivity contribution in [2.75, 3.05) is 13.1 Å². The summed E-state index contributed by atoms with van der Waals surface area (Å²) in [6.45, 7) is 5.12. The number of amides is 1. The molecule has 0 unspecified atom stereocenters. The van der Waals surface area contributed by atoms with E-state index in [1.54, 1.807) is 27.9 Å². The fourth-order valence-corrected chi connectivity index (χ4v) is 3.08. The van der Waals surface area contributed by atoms with Crippen LogP contribution in [0.3, 0.4) is 0 Å². The number of hydrogen-bond donors (Lipinski definition) is 0. The van der Waals surface area contributed by atoms with Gasteiger partial charge in [0.15, 0.2) is 5.69 Å². The Hall–Kier alpha value is -2.72. The molecule has 6 nitrogen and oxygen atoms in total. The van der Waals surface area contributed by atoms with Gasteiger partial charge < -0.3 is 4.90 Å². The third-order valence-corrected chi connectivity index (χ3v) is 4.49. The molecule has 3 rings (SSSR count). The first-order valence-corrected chi connectivity index (χ1v) is 8.72. The minimum Gasteiger partial charge on any atom is -0.338 e. The van der Waals surface area contributed by atoms with Gasteiger partial charge in [-0.15, -0.1) is 0 Å². The van der Waals surface area contributed by atoms with Crippen molar-refractivity contribution < 1.29 is 4.79 Å². The van der Waals surface area contributed by atoms with Crippen molar-refractivity contribution in [3.63, 3.8) is 0 Å². The fourth-order valence-electron chi connectivity index (χ4n) is 2.72.